The van der Waals surface area contributed by atoms with Gasteiger partial charge in [0.1, 0.15) is 5.69 Å². The van der Waals surface area contributed by atoms with Crippen LogP contribution in [0.4, 0.5) is 24.7 Å². The van der Waals surface area contributed by atoms with E-state index in [9.17, 15) is 22.8 Å². The van der Waals surface area contributed by atoms with E-state index in [1.54, 1.807) is 23.4 Å². The maximum Gasteiger partial charge on any atom is 0.276 e. The first-order valence-electron chi connectivity index (χ1n) is 12.0. The van der Waals surface area contributed by atoms with Gasteiger partial charge in [0.2, 0.25) is 5.91 Å². The van der Waals surface area contributed by atoms with Gasteiger partial charge in [-0.15, -0.1) is 0 Å². The van der Waals surface area contributed by atoms with E-state index >= 15 is 0 Å². The molecule has 0 bridgehead atoms. The molecule has 206 valence electrons. The number of aryl methyl sites for hydroxylation is 1. The third-order valence-corrected chi connectivity index (χ3v) is 6.80. The van der Waals surface area contributed by atoms with Crippen LogP contribution in [0.15, 0.2) is 43.0 Å². The molecule has 1 aliphatic rings. The second kappa shape index (κ2) is 11.2. The number of nitrogens with one attached hydrogen (secondary N) is 1. The number of carbonyl (C=O) groups is 2. The van der Waals surface area contributed by atoms with Crippen LogP contribution in [0.5, 0.6) is 0 Å². The Hall–Kier alpha value is -4.03. The predicted molar refractivity (Wildman–Crippen MR) is 142 cm³/mol. The lowest BCUT2D eigenvalue weighted by molar-refractivity contribution is -0.117. The number of aromatic nitrogens is 5. The van der Waals surface area contributed by atoms with Crippen LogP contribution in [-0.2, 0) is 11.3 Å². The van der Waals surface area contributed by atoms with Gasteiger partial charge < -0.3 is 5.32 Å². The van der Waals surface area contributed by atoms with Crippen LogP contribution >= 0.6 is 23.2 Å². The molecule has 2 amide bonds. The number of nitrogens with zero attached hydrogens (tertiary/aromatic N) is 6. The predicted octanol–water partition coefficient (Wildman–Crippen LogP) is 5.85. The third-order valence-electron chi connectivity index (χ3n) is 6.23. The molecule has 1 N–H and O–H groups in total. The summed E-state index contributed by atoms with van der Waals surface area (Å²) in [6.07, 6.45) is 3.88. The first-order valence-corrected chi connectivity index (χ1v) is 12.8. The highest BCUT2D eigenvalue weighted by atomic mass is 35.5. The van der Waals surface area contributed by atoms with Gasteiger partial charge in [0, 0.05) is 36.5 Å². The molecule has 0 atom stereocenters. The Morgan fingerprint density at radius 1 is 1.15 bits per heavy atom. The summed E-state index contributed by atoms with van der Waals surface area (Å²) >= 11 is 12.2. The van der Waals surface area contributed by atoms with Crippen molar-refractivity contribution in [1.82, 2.24) is 24.7 Å². The van der Waals surface area contributed by atoms with Gasteiger partial charge in [-0.05, 0) is 31.0 Å². The molecule has 9 nitrogen and oxygen atoms in total. The highest BCUT2D eigenvalue weighted by molar-refractivity contribution is 6.33. The molecule has 4 heterocycles. The fourth-order valence-corrected chi connectivity index (χ4v) is 4.76. The zero-order valence-electron chi connectivity index (χ0n) is 20.8. The second-order valence-corrected chi connectivity index (χ2v) is 9.81. The van der Waals surface area contributed by atoms with Gasteiger partial charge in [-0.1, -0.05) is 29.3 Å². The van der Waals surface area contributed by atoms with Gasteiger partial charge in [0.05, 0.1) is 46.1 Å². The van der Waals surface area contributed by atoms with Crippen molar-refractivity contribution in [1.29, 1.82) is 0 Å². The number of benzene rings is 1. The van der Waals surface area contributed by atoms with E-state index in [1.807, 2.05) is 0 Å². The molecule has 3 aromatic heterocycles. The quantitative estimate of drug-likeness (QED) is 0.289. The Morgan fingerprint density at radius 2 is 1.95 bits per heavy atom. The van der Waals surface area contributed by atoms with E-state index in [2.05, 4.69) is 25.4 Å². The van der Waals surface area contributed by atoms with Crippen LogP contribution < -0.4 is 10.2 Å². The largest absolute Gasteiger partial charge is 0.318 e. The monoisotopic (exact) mass is 589 g/mol. The standard InChI is InChI=1S/C26H20Cl2F3N7O2/c1-13-23(36-19(10-32-13)21-16(24(30)31)4-5-17(27)22(21)29)26(40)35-15-9-34-37(12-15)11-14-7-18(28)25(33-8-14)38-6-2-3-20(38)39/h4-5,7-10,12,24H,2-3,6,11H2,1H3,(H,35,40). The van der Waals surface area contributed by atoms with Crippen molar-refractivity contribution in [2.45, 2.75) is 32.7 Å². The van der Waals surface area contributed by atoms with Crippen molar-refractivity contribution in [3.63, 3.8) is 0 Å². The van der Waals surface area contributed by atoms with Crippen LogP contribution in [0.25, 0.3) is 11.3 Å². The minimum Gasteiger partial charge on any atom is -0.318 e. The maximum atomic E-state index is 14.7. The number of carbonyl (C=O) groups excluding carboxylic acids is 2. The lowest BCUT2D eigenvalue weighted by Gasteiger charge is -2.16. The normalized spacial score (nSPS) is 13.4. The number of amides is 2. The summed E-state index contributed by atoms with van der Waals surface area (Å²) in [5.74, 6) is -1.39. The van der Waals surface area contributed by atoms with E-state index in [1.165, 1.54) is 17.8 Å². The van der Waals surface area contributed by atoms with Gasteiger partial charge in [-0.2, -0.15) is 5.10 Å². The molecule has 0 saturated carbocycles. The zero-order chi connectivity index (χ0) is 28.6. The van der Waals surface area contributed by atoms with Crippen LogP contribution in [-0.4, -0.2) is 43.1 Å². The van der Waals surface area contributed by atoms with E-state index in [0.717, 1.165) is 24.8 Å². The summed E-state index contributed by atoms with van der Waals surface area (Å²) in [6, 6.07) is 3.73. The van der Waals surface area contributed by atoms with E-state index in [0.29, 0.717) is 35.1 Å². The first-order chi connectivity index (χ1) is 19.1. The summed E-state index contributed by atoms with van der Waals surface area (Å²) < 4.78 is 43.4. The summed E-state index contributed by atoms with van der Waals surface area (Å²) in [5, 5.41) is 6.83. The average molecular weight is 590 g/mol. The molecule has 5 rings (SSSR count). The molecule has 40 heavy (non-hydrogen) atoms. The number of halogens is 5. The van der Waals surface area contributed by atoms with E-state index in [-0.39, 0.29) is 34.6 Å². The SMILES string of the molecule is Cc1ncc(-c2c(C(F)F)ccc(Cl)c2F)nc1C(=O)Nc1cnn(Cc2cnc(N3CCCC3=O)c(Cl)c2)c1. The van der Waals surface area contributed by atoms with Crippen LogP contribution in [0.1, 0.15) is 46.6 Å². The van der Waals surface area contributed by atoms with Gasteiger partial charge in [-0.25, -0.2) is 23.1 Å². The highest BCUT2D eigenvalue weighted by Crippen LogP contribution is 2.35. The first kappa shape index (κ1) is 27.5. The fraction of sp³-hybridized carbons (Fsp3) is 0.231. The summed E-state index contributed by atoms with van der Waals surface area (Å²) in [5.41, 5.74) is -0.358. The number of alkyl halides is 2. The summed E-state index contributed by atoms with van der Waals surface area (Å²) in [4.78, 5) is 39.1. The lowest BCUT2D eigenvalue weighted by Crippen LogP contribution is -2.25. The van der Waals surface area contributed by atoms with Gasteiger partial charge >= 0.3 is 0 Å². The minimum atomic E-state index is -3.00. The molecule has 4 aromatic rings. The van der Waals surface area contributed by atoms with Crippen LogP contribution in [0.3, 0.4) is 0 Å². The topological polar surface area (TPSA) is 106 Å². The highest BCUT2D eigenvalue weighted by Gasteiger charge is 2.26. The molecule has 1 saturated heterocycles. The van der Waals surface area contributed by atoms with E-state index < -0.39 is 29.3 Å². The Kier molecular flexibility index (Phi) is 7.72. The smallest absolute Gasteiger partial charge is 0.276 e. The Balaban J connectivity index is 1.33. The molecule has 0 radical (unpaired) electrons. The molecule has 0 aliphatic carbocycles. The van der Waals surface area contributed by atoms with Gasteiger partial charge in [0.15, 0.2) is 11.6 Å². The second-order valence-electron chi connectivity index (χ2n) is 8.99. The molecule has 1 aliphatic heterocycles. The number of hydrogen-bond acceptors (Lipinski definition) is 6. The maximum absolute atomic E-state index is 14.7. The Morgan fingerprint density at radius 3 is 2.65 bits per heavy atom. The fourth-order valence-electron chi connectivity index (χ4n) is 4.31. The number of hydrogen-bond donors (Lipinski definition) is 1. The van der Waals surface area contributed by atoms with Crippen molar-refractivity contribution >= 4 is 46.5 Å². The van der Waals surface area contributed by atoms with Crippen molar-refractivity contribution in [3.05, 3.63) is 81.4 Å². The Bertz CT molecular complexity index is 1630. The molecule has 14 heteroatoms. The van der Waals surface area contributed by atoms with Crippen molar-refractivity contribution in [3.8, 4) is 11.3 Å². The van der Waals surface area contributed by atoms with Crippen molar-refractivity contribution < 1.29 is 22.8 Å². The number of rotatable bonds is 7. The minimum absolute atomic E-state index is 0.0211. The number of anilines is 2. The zero-order valence-corrected chi connectivity index (χ0v) is 22.3. The van der Waals surface area contributed by atoms with Crippen molar-refractivity contribution in [2.75, 3.05) is 16.8 Å². The van der Waals surface area contributed by atoms with Gasteiger partial charge in [-0.3, -0.25) is 24.2 Å². The summed E-state index contributed by atoms with van der Waals surface area (Å²) in [6.45, 7) is 2.35. The van der Waals surface area contributed by atoms with Crippen molar-refractivity contribution in [2.24, 2.45) is 0 Å². The molecule has 1 aromatic carbocycles. The summed E-state index contributed by atoms with van der Waals surface area (Å²) in [7, 11) is 0. The number of pyridine rings is 1. The van der Waals surface area contributed by atoms with Crippen LogP contribution in [0, 0.1) is 12.7 Å². The third kappa shape index (κ3) is 5.50. The molecular formula is C26H20Cl2F3N7O2. The molecular weight excluding hydrogens is 570 g/mol. The molecule has 0 unspecified atom stereocenters. The van der Waals surface area contributed by atoms with E-state index in [4.69, 9.17) is 23.2 Å². The molecule has 0 spiro atoms. The molecule has 1 fully saturated rings. The van der Waals surface area contributed by atoms with Gasteiger partial charge in [0.25, 0.3) is 12.3 Å². The Labute approximate surface area is 236 Å². The lowest BCUT2D eigenvalue weighted by atomic mass is 10.0. The average Bonchev–Trinajstić information content (AvgIpc) is 3.54. The van der Waals surface area contributed by atoms with Crippen LogP contribution in [0.2, 0.25) is 10.0 Å².